The van der Waals surface area contributed by atoms with Gasteiger partial charge in [-0.3, -0.25) is 10.1 Å². The second-order valence-electron chi connectivity index (χ2n) is 3.57. The van der Waals surface area contributed by atoms with Gasteiger partial charge in [0, 0.05) is 24.5 Å². The van der Waals surface area contributed by atoms with Crippen molar-refractivity contribution >= 4 is 5.69 Å². The Hall–Kier alpha value is -2.71. The van der Waals surface area contributed by atoms with Crippen molar-refractivity contribution in [2.75, 3.05) is 0 Å². The molecule has 0 unspecified atom stereocenters. The lowest BCUT2D eigenvalue weighted by Gasteiger charge is -2.09. The number of hydrogen-bond acceptors (Lipinski definition) is 5. The largest absolute Gasteiger partial charge is 0.424 e. The Kier molecular flexibility index (Phi) is 3.51. The highest BCUT2D eigenvalue weighted by Gasteiger charge is 2.38. The Balaban J connectivity index is 2.40. The summed E-state index contributed by atoms with van der Waals surface area (Å²) in [6, 6.07) is 3.65. The molecule has 0 saturated heterocycles. The Labute approximate surface area is 110 Å². The van der Waals surface area contributed by atoms with Gasteiger partial charge in [0.1, 0.15) is 11.3 Å². The molecule has 9 heteroatoms. The average Bonchev–Trinajstić information content (AvgIpc) is 2.38. The molecule has 0 saturated carbocycles. The number of aromatic nitrogens is 2. The first-order valence-electron chi connectivity index (χ1n) is 5.18. The highest BCUT2D eigenvalue weighted by atomic mass is 19.4. The maximum Gasteiger partial charge on any atom is 0.423 e. The van der Waals surface area contributed by atoms with Crippen molar-refractivity contribution in [2.24, 2.45) is 0 Å². The van der Waals surface area contributed by atoms with Crippen LogP contribution in [0.4, 0.5) is 18.9 Å². The van der Waals surface area contributed by atoms with Gasteiger partial charge in [0.05, 0.1) is 4.92 Å². The zero-order valence-corrected chi connectivity index (χ0v) is 9.66. The molecule has 20 heavy (non-hydrogen) atoms. The molecule has 2 rings (SSSR count). The van der Waals surface area contributed by atoms with Gasteiger partial charge in [-0.15, -0.1) is 0 Å². The molecular weight excluding hydrogens is 279 g/mol. The molecule has 1 heterocycles. The summed E-state index contributed by atoms with van der Waals surface area (Å²) >= 11 is 0. The van der Waals surface area contributed by atoms with Crippen LogP contribution in [0.5, 0.6) is 11.8 Å². The van der Waals surface area contributed by atoms with Gasteiger partial charge in [-0.05, 0) is 12.1 Å². The Morgan fingerprint density at radius 1 is 1.20 bits per heavy atom. The fourth-order valence-electron chi connectivity index (χ4n) is 1.41. The van der Waals surface area contributed by atoms with Crippen LogP contribution in [0, 0.1) is 10.1 Å². The highest BCUT2D eigenvalue weighted by Crippen LogP contribution is 2.38. The number of nitrogens with zero attached hydrogens (tertiary/aromatic N) is 3. The van der Waals surface area contributed by atoms with Crippen LogP contribution in [0.1, 0.15) is 5.56 Å². The summed E-state index contributed by atoms with van der Waals surface area (Å²) in [5, 5.41) is 10.6. The predicted octanol–water partition coefficient (Wildman–Crippen LogP) is 3.20. The van der Waals surface area contributed by atoms with Crippen molar-refractivity contribution in [3.63, 3.8) is 0 Å². The van der Waals surface area contributed by atoms with Crippen LogP contribution in [0.15, 0.2) is 36.7 Å². The van der Waals surface area contributed by atoms with Gasteiger partial charge in [-0.1, -0.05) is 0 Å². The van der Waals surface area contributed by atoms with E-state index in [0.29, 0.717) is 6.07 Å². The minimum absolute atomic E-state index is 0.158. The fraction of sp³-hybridized carbons (Fsp3) is 0.0909. The van der Waals surface area contributed by atoms with Crippen LogP contribution >= 0.6 is 0 Å². The van der Waals surface area contributed by atoms with Gasteiger partial charge < -0.3 is 4.74 Å². The highest BCUT2D eigenvalue weighted by molar-refractivity contribution is 5.47. The Morgan fingerprint density at radius 2 is 1.85 bits per heavy atom. The molecule has 0 spiro atoms. The molecule has 2 aromatic rings. The molecule has 0 amide bonds. The third kappa shape index (κ3) is 2.99. The maximum atomic E-state index is 12.7. The van der Waals surface area contributed by atoms with E-state index in [9.17, 15) is 23.3 Å². The first-order chi connectivity index (χ1) is 9.38. The normalized spacial score (nSPS) is 11.2. The number of rotatable bonds is 3. The molecule has 104 valence electrons. The second-order valence-corrected chi connectivity index (χ2v) is 3.57. The zero-order chi connectivity index (χ0) is 14.8. The van der Waals surface area contributed by atoms with Crippen molar-refractivity contribution in [2.45, 2.75) is 6.18 Å². The van der Waals surface area contributed by atoms with E-state index in [-0.39, 0.29) is 11.8 Å². The van der Waals surface area contributed by atoms with E-state index >= 15 is 0 Å². The summed E-state index contributed by atoms with van der Waals surface area (Å²) in [5.74, 6) is -0.242. The van der Waals surface area contributed by atoms with Gasteiger partial charge in [-0.2, -0.15) is 13.2 Å². The Bertz CT molecular complexity index is 632. The lowest BCUT2D eigenvalue weighted by molar-refractivity contribution is -0.388. The number of benzene rings is 1. The molecule has 0 aliphatic heterocycles. The summed E-state index contributed by atoms with van der Waals surface area (Å²) < 4.78 is 43.2. The zero-order valence-electron chi connectivity index (χ0n) is 9.66. The van der Waals surface area contributed by atoms with Crippen LogP contribution in [-0.4, -0.2) is 14.9 Å². The van der Waals surface area contributed by atoms with Crippen molar-refractivity contribution in [1.82, 2.24) is 9.97 Å². The standard InChI is InChI=1S/C11H6F3N3O3/c12-11(13,14)8-6-7(2-3-9(8)17(18)19)20-10-15-4-1-5-16-10/h1-6H. The first-order valence-corrected chi connectivity index (χ1v) is 5.18. The van der Waals surface area contributed by atoms with Crippen LogP contribution in [0.2, 0.25) is 0 Å². The van der Waals surface area contributed by atoms with Gasteiger partial charge in [-0.25, -0.2) is 9.97 Å². The van der Waals surface area contributed by atoms with Crippen LogP contribution < -0.4 is 4.74 Å². The monoisotopic (exact) mass is 285 g/mol. The summed E-state index contributed by atoms with van der Waals surface area (Å²) in [4.78, 5) is 16.8. The molecule has 0 N–H and O–H groups in total. The van der Waals surface area contributed by atoms with Crippen LogP contribution in [0.3, 0.4) is 0 Å². The minimum Gasteiger partial charge on any atom is -0.424 e. The summed E-state index contributed by atoms with van der Waals surface area (Å²) in [7, 11) is 0. The number of nitro groups is 1. The van der Waals surface area contributed by atoms with Crippen molar-refractivity contribution in [3.8, 4) is 11.8 Å². The van der Waals surface area contributed by atoms with Crippen LogP contribution in [0.25, 0.3) is 0 Å². The van der Waals surface area contributed by atoms with Crippen LogP contribution in [-0.2, 0) is 6.18 Å². The van der Waals surface area contributed by atoms with Crippen molar-refractivity contribution < 1.29 is 22.8 Å². The summed E-state index contributed by atoms with van der Waals surface area (Å²) in [6.45, 7) is 0. The third-order valence-electron chi connectivity index (χ3n) is 2.22. The lowest BCUT2D eigenvalue weighted by atomic mass is 10.1. The molecule has 0 bridgehead atoms. The van der Waals surface area contributed by atoms with Crippen molar-refractivity contribution in [3.05, 3.63) is 52.3 Å². The van der Waals surface area contributed by atoms with Gasteiger partial charge in [0.2, 0.25) is 0 Å². The predicted molar refractivity (Wildman–Crippen MR) is 60.2 cm³/mol. The molecule has 0 atom stereocenters. The quantitative estimate of drug-likeness (QED) is 0.639. The average molecular weight is 285 g/mol. The van der Waals surface area contributed by atoms with E-state index in [2.05, 4.69) is 9.97 Å². The minimum atomic E-state index is -4.86. The van der Waals surface area contributed by atoms with Gasteiger partial charge in [0.15, 0.2) is 0 Å². The third-order valence-corrected chi connectivity index (χ3v) is 2.22. The van der Waals surface area contributed by atoms with E-state index in [1.165, 1.54) is 18.5 Å². The molecule has 0 fully saturated rings. The molecule has 6 nitrogen and oxygen atoms in total. The number of nitro benzene ring substituents is 1. The molecule has 1 aromatic carbocycles. The topological polar surface area (TPSA) is 78.2 Å². The number of alkyl halides is 3. The molecule has 0 radical (unpaired) electrons. The van der Waals surface area contributed by atoms with Gasteiger partial charge in [0.25, 0.3) is 5.69 Å². The molecule has 1 aromatic heterocycles. The van der Waals surface area contributed by atoms with E-state index < -0.39 is 22.4 Å². The summed E-state index contributed by atoms with van der Waals surface area (Å²) in [6.07, 6.45) is -2.17. The number of ether oxygens (including phenoxy) is 1. The van der Waals surface area contributed by atoms with E-state index in [1.807, 2.05) is 0 Å². The molecule has 0 aliphatic rings. The fourth-order valence-corrected chi connectivity index (χ4v) is 1.41. The SMILES string of the molecule is O=[N+]([O-])c1ccc(Oc2ncccn2)cc1C(F)(F)F. The number of hydrogen-bond donors (Lipinski definition) is 0. The Morgan fingerprint density at radius 3 is 2.40 bits per heavy atom. The number of halogens is 3. The smallest absolute Gasteiger partial charge is 0.423 e. The lowest BCUT2D eigenvalue weighted by Crippen LogP contribution is -2.09. The second kappa shape index (κ2) is 5.11. The van der Waals surface area contributed by atoms with E-state index in [4.69, 9.17) is 4.74 Å². The van der Waals surface area contributed by atoms with Gasteiger partial charge >= 0.3 is 12.2 Å². The first kappa shape index (κ1) is 13.7. The summed E-state index contributed by atoms with van der Waals surface area (Å²) in [5.41, 5.74) is -2.44. The van der Waals surface area contributed by atoms with E-state index in [0.717, 1.165) is 12.1 Å². The van der Waals surface area contributed by atoms with E-state index in [1.54, 1.807) is 0 Å². The van der Waals surface area contributed by atoms with Crippen molar-refractivity contribution in [1.29, 1.82) is 0 Å². The molecule has 0 aliphatic carbocycles. The molecular formula is C11H6F3N3O3. The maximum absolute atomic E-state index is 12.7.